The molecule has 0 radical (unpaired) electrons. The molecule has 2 aliphatic rings. The molecule has 3 rings (SSSR count). The first-order valence-electron chi connectivity index (χ1n) is 6.92. The van der Waals surface area contributed by atoms with Crippen molar-refractivity contribution in [3.63, 3.8) is 0 Å². The third kappa shape index (κ3) is 3.02. The number of anilines is 1. The van der Waals surface area contributed by atoms with Crippen LogP contribution in [-0.4, -0.2) is 49.4 Å². The Labute approximate surface area is 113 Å². The minimum absolute atomic E-state index is 0.432. The highest BCUT2D eigenvalue weighted by molar-refractivity contribution is 5.39. The van der Waals surface area contributed by atoms with E-state index < -0.39 is 0 Å². The van der Waals surface area contributed by atoms with E-state index in [-0.39, 0.29) is 0 Å². The lowest BCUT2D eigenvalue weighted by atomic mass is 10.0. The van der Waals surface area contributed by atoms with E-state index in [1.54, 1.807) is 6.33 Å². The summed E-state index contributed by atoms with van der Waals surface area (Å²) in [6, 6.07) is 2.58. The molecular formula is C13H21N5O. The van der Waals surface area contributed by atoms with Gasteiger partial charge >= 0.3 is 0 Å². The van der Waals surface area contributed by atoms with Gasteiger partial charge in [-0.3, -0.25) is 10.9 Å². The van der Waals surface area contributed by atoms with Crippen molar-refractivity contribution >= 4 is 5.82 Å². The molecule has 1 aromatic rings. The number of nitrogens with zero attached hydrogens (tertiary/aromatic N) is 3. The van der Waals surface area contributed by atoms with Crippen LogP contribution in [0.5, 0.6) is 0 Å². The maximum atomic E-state index is 5.43. The fraction of sp³-hybridized carbons (Fsp3) is 0.692. The Morgan fingerprint density at radius 3 is 3.11 bits per heavy atom. The van der Waals surface area contributed by atoms with Crippen LogP contribution in [0.15, 0.2) is 12.4 Å². The molecule has 0 spiro atoms. The Morgan fingerprint density at radius 1 is 1.42 bits per heavy atom. The first kappa shape index (κ1) is 12.8. The van der Waals surface area contributed by atoms with E-state index in [0.29, 0.717) is 12.0 Å². The zero-order chi connectivity index (χ0) is 13.1. The van der Waals surface area contributed by atoms with E-state index in [2.05, 4.69) is 38.8 Å². The molecule has 6 nitrogen and oxygen atoms in total. The predicted octanol–water partition coefficient (Wildman–Crippen LogP) is 0.283. The summed E-state index contributed by atoms with van der Waals surface area (Å²) >= 11 is 0. The van der Waals surface area contributed by atoms with Crippen molar-refractivity contribution in [2.75, 3.05) is 38.3 Å². The monoisotopic (exact) mass is 263 g/mol. The van der Waals surface area contributed by atoms with E-state index in [1.807, 2.05) is 0 Å². The molecule has 3 heterocycles. The molecule has 2 N–H and O–H groups in total. The summed E-state index contributed by atoms with van der Waals surface area (Å²) in [6.07, 6.45) is 3.88. The predicted molar refractivity (Wildman–Crippen MR) is 73.0 cm³/mol. The Morgan fingerprint density at radius 2 is 2.37 bits per heavy atom. The zero-order valence-electron chi connectivity index (χ0n) is 11.3. The highest BCUT2D eigenvalue weighted by Crippen LogP contribution is 2.25. The lowest BCUT2D eigenvalue weighted by Crippen LogP contribution is -2.39. The number of aromatic nitrogens is 2. The Hall–Kier alpha value is -1.24. The van der Waals surface area contributed by atoms with E-state index in [4.69, 9.17) is 4.74 Å². The van der Waals surface area contributed by atoms with Gasteiger partial charge < -0.3 is 9.64 Å². The molecule has 0 amide bonds. The van der Waals surface area contributed by atoms with E-state index in [9.17, 15) is 0 Å². The SMILES string of the molecule is CN(CC1CCNN1)c1cc(C2CCOC2)ncn1. The molecule has 104 valence electrons. The molecule has 19 heavy (non-hydrogen) atoms. The third-order valence-electron chi connectivity index (χ3n) is 3.83. The van der Waals surface area contributed by atoms with Crippen LogP contribution in [0.1, 0.15) is 24.5 Å². The largest absolute Gasteiger partial charge is 0.381 e. The van der Waals surface area contributed by atoms with Crippen LogP contribution in [0.3, 0.4) is 0 Å². The summed E-state index contributed by atoms with van der Waals surface area (Å²) in [5.41, 5.74) is 7.53. The van der Waals surface area contributed by atoms with Crippen molar-refractivity contribution in [1.29, 1.82) is 0 Å². The van der Waals surface area contributed by atoms with Crippen LogP contribution in [-0.2, 0) is 4.74 Å². The van der Waals surface area contributed by atoms with Crippen LogP contribution >= 0.6 is 0 Å². The molecule has 2 fully saturated rings. The smallest absolute Gasteiger partial charge is 0.131 e. The van der Waals surface area contributed by atoms with Gasteiger partial charge in [0.25, 0.3) is 0 Å². The van der Waals surface area contributed by atoms with Crippen molar-refractivity contribution < 1.29 is 4.74 Å². The maximum Gasteiger partial charge on any atom is 0.131 e. The first-order chi connectivity index (χ1) is 9.33. The minimum Gasteiger partial charge on any atom is -0.381 e. The molecular weight excluding hydrogens is 242 g/mol. The van der Waals surface area contributed by atoms with Crippen molar-refractivity contribution in [3.8, 4) is 0 Å². The first-order valence-corrected chi connectivity index (χ1v) is 6.92. The molecule has 2 atom stereocenters. The molecule has 2 aliphatic heterocycles. The van der Waals surface area contributed by atoms with Crippen LogP contribution < -0.4 is 15.8 Å². The van der Waals surface area contributed by atoms with Gasteiger partial charge in [-0.25, -0.2) is 9.97 Å². The van der Waals surface area contributed by atoms with Crippen LogP contribution in [0, 0.1) is 0 Å². The third-order valence-corrected chi connectivity index (χ3v) is 3.83. The van der Waals surface area contributed by atoms with Gasteiger partial charge in [0.05, 0.1) is 12.3 Å². The number of nitrogens with one attached hydrogen (secondary N) is 2. The van der Waals surface area contributed by atoms with Crippen molar-refractivity contribution in [3.05, 3.63) is 18.1 Å². The fourth-order valence-corrected chi connectivity index (χ4v) is 2.66. The van der Waals surface area contributed by atoms with E-state index >= 15 is 0 Å². The van der Waals surface area contributed by atoms with Crippen LogP contribution in [0.4, 0.5) is 5.82 Å². The summed E-state index contributed by atoms with van der Waals surface area (Å²) in [6.45, 7) is 3.61. The average molecular weight is 263 g/mol. The van der Waals surface area contributed by atoms with Gasteiger partial charge in [-0.2, -0.15) is 0 Å². The lowest BCUT2D eigenvalue weighted by Gasteiger charge is -2.22. The summed E-state index contributed by atoms with van der Waals surface area (Å²) in [7, 11) is 2.08. The standard InChI is InChI=1S/C13H21N5O/c1-18(7-11-2-4-16-17-11)13-6-12(14-9-15-13)10-3-5-19-8-10/h6,9-11,16-17H,2-5,7-8H2,1H3. The molecule has 1 aromatic heterocycles. The number of hydrogen-bond acceptors (Lipinski definition) is 6. The van der Waals surface area contributed by atoms with Crippen LogP contribution in [0.2, 0.25) is 0 Å². The summed E-state index contributed by atoms with van der Waals surface area (Å²) in [5.74, 6) is 1.42. The molecule has 0 bridgehead atoms. The van der Waals surface area contributed by atoms with Gasteiger partial charge in [0.15, 0.2) is 0 Å². The second-order valence-electron chi connectivity index (χ2n) is 5.30. The van der Waals surface area contributed by atoms with Gasteiger partial charge in [0, 0.05) is 44.8 Å². The number of likely N-dealkylation sites (N-methyl/N-ethyl adjacent to an activating group) is 1. The maximum absolute atomic E-state index is 5.43. The Bertz CT molecular complexity index is 415. The van der Waals surface area contributed by atoms with Gasteiger partial charge in [-0.1, -0.05) is 0 Å². The fourth-order valence-electron chi connectivity index (χ4n) is 2.66. The Kier molecular flexibility index (Phi) is 3.91. The van der Waals surface area contributed by atoms with E-state index in [1.165, 1.54) is 0 Å². The molecule has 0 saturated carbocycles. The molecule has 2 saturated heterocycles. The second-order valence-corrected chi connectivity index (χ2v) is 5.30. The zero-order valence-corrected chi connectivity index (χ0v) is 11.3. The van der Waals surface area contributed by atoms with Crippen molar-refractivity contribution in [2.45, 2.75) is 24.8 Å². The summed E-state index contributed by atoms with van der Waals surface area (Å²) in [4.78, 5) is 11.0. The van der Waals surface area contributed by atoms with Gasteiger partial charge in [0.1, 0.15) is 12.1 Å². The second kappa shape index (κ2) is 5.81. The highest BCUT2D eigenvalue weighted by atomic mass is 16.5. The van der Waals surface area contributed by atoms with Gasteiger partial charge in [0.2, 0.25) is 0 Å². The molecule has 0 aromatic carbocycles. The summed E-state index contributed by atoms with van der Waals surface area (Å²) in [5, 5.41) is 0. The average Bonchev–Trinajstić information content (AvgIpc) is 3.12. The number of hydrazine groups is 1. The van der Waals surface area contributed by atoms with Gasteiger partial charge in [-0.15, -0.1) is 0 Å². The molecule has 2 unspecified atom stereocenters. The number of hydrogen-bond donors (Lipinski definition) is 2. The van der Waals surface area contributed by atoms with Crippen molar-refractivity contribution in [2.24, 2.45) is 0 Å². The number of rotatable bonds is 4. The van der Waals surface area contributed by atoms with E-state index in [0.717, 1.165) is 50.7 Å². The topological polar surface area (TPSA) is 62.3 Å². The number of ether oxygens (including phenoxy) is 1. The normalized spacial score (nSPS) is 26.8. The van der Waals surface area contributed by atoms with Gasteiger partial charge in [-0.05, 0) is 12.8 Å². The molecule has 0 aliphatic carbocycles. The minimum atomic E-state index is 0.432. The van der Waals surface area contributed by atoms with Crippen molar-refractivity contribution in [1.82, 2.24) is 20.8 Å². The summed E-state index contributed by atoms with van der Waals surface area (Å²) < 4.78 is 5.43. The highest BCUT2D eigenvalue weighted by Gasteiger charge is 2.21. The van der Waals surface area contributed by atoms with Crippen LogP contribution in [0.25, 0.3) is 0 Å². The Balaban J connectivity index is 1.67. The quantitative estimate of drug-likeness (QED) is 0.814. The lowest BCUT2D eigenvalue weighted by molar-refractivity contribution is 0.193. The molecule has 6 heteroatoms.